The Hall–Kier alpha value is -3.49. The molecule has 3 rings (SSSR count). The molecule has 7 nitrogen and oxygen atoms in total. The zero-order valence-corrected chi connectivity index (χ0v) is 16.7. The molecular formula is C21H21F2N3O4. The number of amides is 4. The number of benzene rings is 2. The first-order chi connectivity index (χ1) is 14.2. The number of nitrogens with one attached hydrogen (secondary N) is 1. The van der Waals surface area contributed by atoms with E-state index in [0.29, 0.717) is 11.3 Å². The van der Waals surface area contributed by atoms with Crippen molar-refractivity contribution in [1.82, 2.24) is 15.1 Å². The number of carbonyl (C=O) groups is 3. The van der Waals surface area contributed by atoms with Crippen molar-refractivity contribution in [2.75, 3.05) is 20.7 Å². The van der Waals surface area contributed by atoms with Gasteiger partial charge in [0.05, 0.1) is 7.11 Å². The molecule has 4 amide bonds. The minimum Gasteiger partial charge on any atom is -0.497 e. The molecule has 1 N–H and O–H groups in total. The van der Waals surface area contributed by atoms with Crippen LogP contribution in [0.15, 0.2) is 42.5 Å². The molecule has 1 aliphatic rings. The van der Waals surface area contributed by atoms with Crippen molar-refractivity contribution in [1.29, 1.82) is 0 Å². The van der Waals surface area contributed by atoms with Crippen molar-refractivity contribution in [3.05, 3.63) is 65.2 Å². The Bertz CT molecular complexity index is 996. The average Bonchev–Trinajstić information content (AvgIpc) is 2.94. The summed E-state index contributed by atoms with van der Waals surface area (Å²) in [5.74, 6) is -2.05. The second-order valence-corrected chi connectivity index (χ2v) is 7.16. The highest BCUT2D eigenvalue weighted by Crippen LogP contribution is 2.30. The maximum absolute atomic E-state index is 13.8. The molecule has 2 aromatic rings. The van der Waals surface area contributed by atoms with Crippen molar-refractivity contribution in [3.8, 4) is 5.75 Å². The lowest BCUT2D eigenvalue weighted by atomic mass is 9.92. The second-order valence-electron chi connectivity index (χ2n) is 7.16. The summed E-state index contributed by atoms with van der Waals surface area (Å²) < 4.78 is 32.0. The molecule has 30 heavy (non-hydrogen) atoms. The number of hydrogen-bond donors (Lipinski definition) is 1. The van der Waals surface area contributed by atoms with Gasteiger partial charge in [-0.1, -0.05) is 18.2 Å². The summed E-state index contributed by atoms with van der Waals surface area (Å²) >= 11 is 0. The summed E-state index contributed by atoms with van der Waals surface area (Å²) in [4.78, 5) is 39.9. The van der Waals surface area contributed by atoms with Crippen LogP contribution in [0.1, 0.15) is 18.1 Å². The Balaban J connectivity index is 1.71. The largest absolute Gasteiger partial charge is 0.497 e. The van der Waals surface area contributed by atoms with E-state index >= 15 is 0 Å². The van der Waals surface area contributed by atoms with Crippen LogP contribution in [0.2, 0.25) is 0 Å². The van der Waals surface area contributed by atoms with Crippen LogP contribution in [0.5, 0.6) is 5.75 Å². The smallest absolute Gasteiger partial charge is 0.325 e. The van der Waals surface area contributed by atoms with Gasteiger partial charge in [-0.25, -0.2) is 13.6 Å². The molecule has 0 saturated carbocycles. The molecule has 158 valence electrons. The third-order valence-electron chi connectivity index (χ3n) is 5.08. The lowest BCUT2D eigenvalue weighted by Crippen LogP contribution is -2.43. The van der Waals surface area contributed by atoms with Crippen LogP contribution in [-0.4, -0.2) is 48.3 Å². The van der Waals surface area contributed by atoms with Gasteiger partial charge in [0.1, 0.15) is 29.5 Å². The minimum atomic E-state index is -1.33. The Labute approximate surface area is 172 Å². The number of rotatable bonds is 6. The van der Waals surface area contributed by atoms with Gasteiger partial charge in [0.15, 0.2) is 0 Å². The van der Waals surface area contributed by atoms with Gasteiger partial charge in [0, 0.05) is 25.2 Å². The van der Waals surface area contributed by atoms with E-state index in [4.69, 9.17) is 4.74 Å². The van der Waals surface area contributed by atoms with Gasteiger partial charge in [0.2, 0.25) is 5.91 Å². The van der Waals surface area contributed by atoms with Crippen molar-refractivity contribution >= 4 is 17.8 Å². The Morgan fingerprint density at radius 2 is 1.83 bits per heavy atom. The number of imide groups is 1. The molecule has 1 saturated heterocycles. The fourth-order valence-corrected chi connectivity index (χ4v) is 3.21. The third kappa shape index (κ3) is 3.96. The van der Waals surface area contributed by atoms with Crippen LogP contribution in [-0.2, 0) is 21.7 Å². The van der Waals surface area contributed by atoms with Gasteiger partial charge in [-0.15, -0.1) is 0 Å². The van der Waals surface area contributed by atoms with E-state index in [2.05, 4.69) is 5.32 Å². The van der Waals surface area contributed by atoms with E-state index in [9.17, 15) is 23.2 Å². The van der Waals surface area contributed by atoms with Crippen molar-refractivity contribution < 1.29 is 27.9 Å². The maximum Gasteiger partial charge on any atom is 0.325 e. The number of ether oxygens (including phenoxy) is 1. The Morgan fingerprint density at radius 3 is 2.43 bits per heavy atom. The quantitative estimate of drug-likeness (QED) is 0.733. The minimum absolute atomic E-state index is 0.118. The van der Waals surface area contributed by atoms with Gasteiger partial charge in [-0.3, -0.25) is 14.5 Å². The molecule has 1 fully saturated rings. The van der Waals surface area contributed by atoms with Crippen molar-refractivity contribution in [2.45, 2.75) is 19.0 Å². The summed E-state index contributed by atoms with van der Waals surface area (Å²) in [7, 11) is 2.92. The van der Waals surface area contributed by atoms with E-state index in [1.54, 1.807) is 31.2 Å². The SMILES string of the molecule is COc1ccc(C2(C)NC(=O)N(CC(=O)N(C)Cc3ccc(F)cc3F)C2=O)cc1. The molecule has 0 aromatic heterocycles. The van der Waals surface area contributed by atoms with Crippen LogP contribution in [0.3, 0.4) is 0 Å². The van der Waals surface area contributed by atoms with Crippen LogP contribution in [0.4, 0.5) is 13.6 Å². The fraction of sp³-hybridized carbons (Fsp3) is 0.286. The normalized spacial score (nSPS) is 18.4. The van der Waals surface area contributed by atoms with E-state index in [-0.39, 0.29) is 12.1 Å². The highest BCUT2D eigenvalue weighted by molar-refractivity contribution is 6.09. The first-order valence-electron chi connectivity index (χ1n) is 9.12. The average molecular weight is 417 g/mol. The Kier molecular flexibility index (Phi) is 5.73. The lowest BCUT2D eigenvalue weighted by Gasteiger charge is -2.23. The monoisotopic (exact) mass is 417 g/mol. The zero-order chi connectivity index (χ0) is 22.1. The predicted octanol–water partition coefficient (Wildman–Crippen LogP) is 2.40. The number of methoxy groups -OCH3 is 1. The van der Waals surface area contributed by atoms with E-state index in [1.165, 1.54) is 25.1 Å². The molecule has 0 bridgehead atoms. The van der Waals surface area contributed by atoms with E-state index < -0.39 is 41.6 Å². The number of urea groups is 1. The van der Waals surface area contributed by atoms with Crippen molar-refractivity contribution in [3.63, 3.8) is 0 Å². The summed E-state index contributed by atoms with van der Waals surface area (Å²) in [6, 6.07) is 9.01. The van der Waals surface area contributed by atoms with Crippen LogP contribution < -0.4 is 10.1 Å². The molecule has 1 aliphatic heterocycles. The molecule has 2 aromatic carbocycles. The molecule has 9 heteroatoms. The Morgan fingerprint density at radius 1 is 1.17 bits per heavy atom. The number of nitrogens with zero attached hydrogens (tertiary/aromatic N) is 2. The van der Waals surface area contributed by atoms with Gasteiger partial charge < -0.3 is 15.0 Å². The standard InChI is InChI=1S/C21H21F2N3O4/c1-21(14-5-8-16(30-3)9-6-14)19(28)26(20(29)24-21)12-18(27)25(2)11-13-4-7-15(22)10-17(13)23/h4-10H,11-12H2,1-3H3,(H,24,29). The number of hydrogen-bond acceptors (Lipinski definition) is 4. The van der Waals surface area contributed by atoms with Crippen LogP contribution in [0.25, 0.3) is 0 Å². The lowest BCUT2D eigenvalue weighted by molar-refractivity contribution is -0.138. The maximum atomic E-state index is 13.8. The first-order valence-corrected chi connectivity index (χ1v) is 9.12. The van der Waals surface area contributed by atoms with Crippen LogP contribution >= 0.6 is 0 Å². The summed E-state index contributed by atoms with van der Waals surface area (Å²) in [5, 5.41) is 2.62. The molecular weight excluding hydrogens is 396 g/mol. The van der Waals surface area contributed by atoms with Gasteiger partial charge in [0.25, 0.3) is 5.91 Å². The summed E-state index contributed by atoms with van der Waals surface area (Å²) in [6.07, 6.45) is 0. The number of halogens is 2. The van der Waals surface area contributed by atoms with E-state index in [1.807, 2.05) is 0 Å². The molecule has 0 spiro atoms. The second kappa shape index (κ2) is 8.10. The fourth-order valence-electron chi connectivity index (χ4n) is 3.21. The number of carbonyl (C=O) groups excluding carboxylic acids is 3. The topological polar surface area (TPSA) is 79.0 Å². The third-order valence-corrected chi connectivity index (χ3v) is 5.08. The molecule has 1 unspecified atom stereocenters. The van der Waals surface area contributed by atoms with E-state index in [0.717, 1.165) is 17.0 Å². The molecule has 0 aliphatic carbocycles. The summed E-state index contributed by atoms with van der Waals surface area (Å²) in [5.41, 5.74) is -0.670. The number of likely N-dealkylation sites (N-methyl/N-ethyl adjacent to an activating group) is 1. The van der Waals surface area contributed by atoms with Crippen molar-refractivity contribution in [2.24, 2.45) is 0 Å². The van der Waals surface area contributed by atoms with Gasteiger partial charge in [-0.2, -0.15) is 0 Å². The summed E-state index contributed by atoms with van der Waals surface area (Å²) in [6.45, 7) is 0.914. The van der Waals surface area contributed by atoms with Gasteiger partial charge in [-0.05, 0) is 30.7 Å². The zero-order valence-electron chi connectivity index (χ0n) is 16.7. The highest BCUT2D eigenvalue weighted by atomic mass is 19.1. The molecule has 1 heterocycles. The predicted molar refractivity (Wildman–Crippen MR) is 103 cm³/mol. The highest BCUT2D eigenvalue weighted by Gasteiger charge is 2.49. The molecule has 0 radical (unpaired) electrons. The molecule has 1 atom stereocenters. The van der Waals surface area contributed by atoms with Crippen LogP contribution in [0, 0.1) is 11.6 Å². The first kappa shape index (κ1) is 21.2. The van der Waals surface area contributed by atoms with Gasteiger partial charge >= 0.3 is 6.03 Å².